The Morgan fingerprint density at radius 3 is 2.82 bits per heavy atom. The van der Waals surface area contributed by atoms with E-state index in [0.717, 1.165) is 28.6 Å². The van der Waals surface area contributed by atoms with Crippen LogP contribution in [0.1, 0.15) is 23.6 Å². The van der Waals surface area contributed by atoms with Gasteiger partial charge in [0.25, 0.3) is 0 Å². The molecule has 0 fully saturated rings. The van der Waals surface area contributed by atoms with E-state index in [-0.39, 0.29) is 11.7 Å². The van der Waals surface area contributed by atoms with Gasteiger partial charge in [0.05, 0.1) is 5.39 Å². The number of nitrogens with zero attached hydrogens (tertiary/aromatic N) is 1. The number of allylic oxidation sites excluding steroid dienone is 4. The highest BCUT2D eigenvalue weighted by Gasteiger charge is 2.21. The zero-order chi connectivity index (χ0) is 15.1. The first-order valence-electron chi connectivity index (χ1n) is 7.46. The molecule has 0 saturated heterocycles. The van der Waals surface area contributed by atoms with Crippen molar-refractivity contribution in [1.29, 1.82) is 0 Å². The fourth-order valence-electron chi connectivity index (χ4n) is 3.18. The Kier molecular flexibility index (Phi) is 2.93. The van der Waals surface area contributed by atoms with Crippen LogP contribution in [0.5, 0.6) is 0 Å². The zero-order valence-corrected chi connectivity index (χ0v) is 12.3. The lowest BCUT2D eigenvalue weighted by Gasteiger charge is -2.14. The summed E-state index contributed by atoms with van der Waals surface area (Å²) in [5, 5.41) is 0.976. The van der Waals surface area contributed by atoms with Gasteiger partial charge in [-0.3, -0.25) is 0 Å². The van der Waals surface area contributed by atoms with Gasteiger partial charge in [-0.1, -0.05) is 40.8 Å². The number of fused-ring (bicyclic) bond motifs is 3. The van der Waals surface area contributed by atoms with Crippen molar-refractivity contribution >= 4 is 16.5 Å². The molecule has 108 valence electrons. The Balaban J connectivity index is 2.10. The summed E-state index contributed by atoms with van der Waals surface area (Å²) < 4.78 is 7.32. The molecule has 3 aromatic rings. The molecular formula is C19H16NO2+. The molecule has 0 saturated carbocycles. The predicted molar refractivity (Wildman–Crippen MR) is 86.0 cm³/mol. The molecule has 1 aliphatic rings. The number of para-hydroxylation sites is 1. The smallest absolute Gasteiger partial charge is 0.371 e. The van der Waals surface area contributed by atoms with Crippen LogP contribution in [0.25, 0.3) is 16.5 Å². The minimum absolute atomic E-state index is 0.254. The van der Waals surface area contributed by atoms with Crippen LogP contribution in [0.15, 0.2) is 69.9 Å². The van der Waals surface area contributed by atoms with E-state index in [1.165, 1.54) is 0 Å². The van der Waals surface area contributed by atoms with Gasteiger partial charge >= 0.3 is 5.76 Å². The summed E-state index contributed by atoms with van der Waals surface area (Å²) >= 11 is 0. The molecule has 0 amide bonds. The maximum atomic E-state index is 12.4. The number of pyridine rings is 1. The quantitative estimate of drug-likeness (QED) is 0.508. The summed E-state index contributed by atoms with van der Waals surface area (Å²) in [6.45, 7) is 1.91. The van der Waals surface area contributed by atoms with Crippen molar-refractivity contribution in [1.82, 2.24) is 0 Å². The van der Waals surface area contributed by atoms with E-state index in [2.05, 4.69) is 12.2 Å². The highest BCUT2D eigenvalue weighted by molar-refractivity contribution is 5.92. The van der Waals surface area contributed by atoms with Crippen LogP contribution >= 0.6 is 0 Å². The molecule has 1 unspecified atom stereocenters. The minimum atomic E-state index is -0.330. The molecule has 0 bridgehead atoms. The van der Waals surface area contributed by atoms with Gasteiger partial charge < -0.3 is 4.42 Å². The first-order valence-corrected chi connectivity index (χ1v) is 7.46. The number of benzene rings is 1. The summed E-state index contributed by atoms with van der Waals surface area (Å²) in [6, 6.07) is 11.9. The van der Waals surface area contributed by atoms with Crippen molar-refractivity contribution in [2.75, 3.05) is 0 Å². The fourth-order valence-corrected chi connectivity index (χ4v) is 3.18. The minimum Gasteiger partial charge on any atom is -0.371 e. The lowest BCUT2D eigenvalue weighted by molar-refractivity contribution is -0.550. The molecule has 3 heteroatoms. The van der Waals surface area contributed by atoms with Gasteiger partial charge in [0.2, 0.25) is 5.52 Å². The van der Waals surface area contributed by atoms with Gasteiger partial charge in [-0.2, -0.15) is 4.79 Å². The van der Waals surface area contributed by atoms with Crippen molar-refractivity contribution in [3.63, 3.8) is 0 Å². The van der Waals surface area contributed by atoms with E-state index in [0.29, 0.717) is 5.58 Å². The molecule has 1 atom stereocenters. The molecule has 1 aromatic carbocycles. The molecule has 22 heavy (non-hydrogen) atoms. The summed E-state index contributed by atoms with van der Waals surface area (Å²) in [6.07, 6.45) is 9.32. The van der Waals surface area contributed by atoms with Gasteiger partial charge in [0.15, 0.2) is 11.3 Å². The first-order chi connectivity index (χ1) is 10.8. The second-order valence-electron chi connectivity index (χ2n) is 5.63. The molecule has 2 aromatic heterocycles. The van der Waals surface area contributed by atoms with Gasteiger partial charge in [-0.05, 0) is 18.6 Å². The molecule has 3 nitrogen and oxygen atoms in total. The third-order valence-corrected chi connectivity index (χ3v) is 4.26. The molecule has 0 spiro atoms. The molecule has 0 radical (unpaired) electrons. The standard InChI is InChI=1S/C19H16NO2/c1-13-7-5-12-17-16-11-6-10-15(14-8-3-2-4-9-14)18(16)22-19(21)20(13)17/h2-8,10-12,14H,9H2,1H3/q+1. The zero-order valence-electron chi connectivity index (χ0n) is 12.3. The monoisotopic (exact) mass is 290 g/mol. The van der Waals surface area contributed by atoms with E-state index in [1.807, 2.05) is 55.5 Å². The normalized spacial score (nSPS) is 17.4. The van der Waals surface area contributed by atoms with Crippen molar-refractivity contribution in [3.8, 4) is 0 Å². The van der Waals surface area contributed by atoms with Crippen LogP contribution in [0.2, 0.25) is 0 Å². The van der Waals surface area contributed by atoms with Crippen LogP contribution in [0, 0.1) is 6.92 Å². The van der Waals surface area contributed by atoms with Gasteiger partial charge in [0, 0.05) is 30.5 Å². The Morgan fingerprint density at radius 1 is 1.14 bits per heavy atom. The number of aromatic nitrogens is 1. The molecule has 0 N–H and O–H groups in total. The lowest BCUT2D eigenvalue weighted by atomic mass is 9.91. The molecule has 0 aliphatic heterocycles. The second kappa shape index (κ2) is 4.95. The Hall–Kier alpha value is -2.68. The third-order valence-electron chi connectivity index (χ3n) is 4.26. The topological polar surface area (TPSA) is 34.3 Å². The van der Waals surface area contributed by atoms with Crippen LogP contribution in [-0.4, -0.2) is 0 Å². The van der Waals surface area contributed by atoms with E-state index in [1.54, 1.807) is 4.40 Å². The van der Waals surface area contributed by atoms with Crippen molar-refractivity contribution in [2.24, 2.45) is 0 Å². The Bertz CT molecular complexity index is 995. The molecular weight excluding hydrogens is 274 g/mol. The summed E-state index contributed by atoms with van der Waals surface area (Å²) in [5.41, 5.74) is 3.53. The molecule has 1 aliphatic carbocycles. The largest absolute Gasteiger partial charge is 0.608 e. The van der Waals surface area contributed by atoms with Crippen LogP contribution in [-0.2, 0) is 0 Å². The van der Waals surface area contributed by atoms with Crippen molar-refractivity contribution in [3.05, 3.63) is 82.5 Å². The first kappa shape index (κ1) is 13.0. The van der Waals surface area contributed by atoms with Crippen LogP contribution < -0.4 is 10.2 Å². The summed E-state index contributed by atoms with van der Waals surface area (Å²) in [4.78, 5) is 12.4. The number of hydrogen-bond donors (Lipinski definition) is 0. The van der Waals surface area contributed by atoms with Crippen molar-refractivity contribution in [2.45, 2.75) is 19.3 Å². The molecule has 4 rings (SSSR count). The fraction of sp³-hybridized carbons (Fsp3) is 0.158. The van der Waals surface area contributed by atoms with Gasteiger partial charge in [0.1, 0.15) is 0 Å². The second-order valence-corrected chi connectivity index (χ2v) is 5.63. The van der Waals surface area contributed by atoms with Crippen LogP contribution in [0.4, 0.5) is 0 Å². The van der Waals surface area contributed by atoms with Crippen LogP contribution in [0.3, 0.4) is 0 Å². The lowest BCUT2D eigenvalue weighted by Crippen LogP contribution is -2.42. The van der Waals surface area contributed by atoms with Crippen molar-refractivity contribution < 1.29 is 8.82 Å². The summed E-state index contributed by atoms with van der Waals surface area (Å²) in [7, 11) is 0. The maximum Gasteiger partial charge on any atom is 0.608 e. The molecule has 2 heterocycles. The maximum absolute atomic E-state index is 12.4. The van der Waals surface area contributed by atoms with E-state index in [9.17, 15) is 4.79 Å². The van der Waals surface area contributed by atoms with Gasteiger partial charge in [-0.15, -0.1) is 0 Å². The predicted octanol–water partition coefficient (Wildman–Crippen LogP) is 3.44. The average molecular weight is 290 g/mol. The highest BCUT2D eigenvalue weighted by Crippen LogP contribution is 2.31. The average Bonchev–Trinajstić information content (AvgIpc) is 2.55. The Morgan fingerprint density at radius 2 is 2.00 bits per heavy atom. The van der Waals surface area contributed by atoms with E-state index < -0.39 is 0 Å². The number of aryl methyl sites for hydroxylation is 1. The van der Waals surface area contributed by atoms with E-state index >= 15 is 0 Å². The Labute approximate surface area is 127 Å². The number of hydrogen-bond acceptors (Lipinski definition) is 2. The highest BCUT2D eigenvalue weighted by atomic mass is 16.4. The van der Waals surface area contributed by atoms with Gasteiger partial charge in [-0.25, -0.2) is 0 Å². The van der Waals surface area contributed by atoms with E-state index in [4.69, 9.17) is 4.42 Å². The summed E-state index contributed by atoms with van der Waals surface area (Å²) in [5.74, 6) is -0.0764. The number of rotatable bonds is 1. The third kappa shape index (κ3) is 1.90. The SMILES string of the molecule is Cc1cccc2c3cccc(C4C=CC=CC4)c3oc(=O)[n+]12.